The first kappa shape index (κ1) is 32.2. The first-order valence-electron chi connectivity index (χ1n) is 13.9. The molecule has 3 rings (SSSR count). The Balaban J connectivity index is 1.76. The Hall–Kier alpha value is -3.34. The molecule has 7 nitrogen and oxygen atoms in total. The number of anilines is 1. The van der Waals surface area contributed by atoms with Gasteiger partial charge in [0.2, 0.25) is 10.0 Å². The zero-order chi connectivity index (χ0) is 30.0. The minimum Gasteiger partial charge on any atom is -0.390 e. The average molecular weight is 588 g/mol. The molecule has 0 heterocycles. The van der Waals surface area contributed by atoms with Crippen LogP contribution in [0.5, 0.6) is 0 Å². The zero-order valence-electron chi connectivity index (χ0n) is 23.7. The zero-order valence-corrected chi connectivity index (χ0v) is 24.5. The van der Waals surface area contributed by atoms with Crippen LogP contribution in [0.4, 0.5) is 14.5 Å². The molecule has 3 aromatic carbocycles. The molecule has 0 radical (unpaired) electrons. The van der Waals surface area contributed by atoms with E-state index in [0.29, 0.717) is 19.4 Å². The fourth-order valence-electron chi connectivity index (χ4n) is 4.68. The molecular formula is C31H39F2N3O4S. The third-order valence-corrected chi connectivity index (χ3v) is 9.04. The number of aliphatic hydroxyl groups is 1. The van der Waals surface area contributed by atoms with Gasteiger partial charge in [0.25, 0.3) is 5.91 Å². The summed E-state index contributed by atoms with van der Waals surface area (Å²) < 4.78 is 55.7. The molecule has 0 aliphatic carbocycles. The summed E-state index contributed by atoms with van der Waals surface area (Å²) in [5, 5.41) is 16.4. The van der Waals surface area contributed by atoms with Gasteiger partial charge in [0.05, 0.1) is 17.4 Å². The number of hydrogen-bond donors (Lipinski definition) is 4. The van der Waals surface area contributed by atoms with Crippen LogP contribution in [0.2, 0.25) is 0 Å². The third-order valence-electron chi connectivity index (χ3n) is 6.98. The second-order valence-electron chi connectivity index (χ2n) is 10.1. The molecule has 0 saturated heterocycles. The van der Waals surface area contributed by atoms with Gasteiger partial charge in [0.15, 0.2) is 0 Å². The smallest absolute Gasteiger partial charge is 0.251 e. The van der Waals surface area contributed by atoms with Crippen LogP contribution in [-0.2, 0) is 29.4 Å². The van der Waals surface area contributed by atoms with Crippen LogP contribution in [0, 0.1) is 11.6 Å². The van der Waals surface area contributed by atoms with Gasteiger partial charge in [-0.1, -0.05) is 51.1 Å². The maximum absolute atomic E-state index is 13.9. The molecule has 222 valence electrons. The van der Waals surface area contributed by atoms with Crippen LogP contribution in [-0.4, -0.2) is 43.4 Å². The van der Waals surface area contributed by atoms with E-state index in [1.54, 1.807) is 26.0 Å². The molecule has 0 aliphatic rings. The van der Waals surface area contributed by atoms with E-state index >= 15 is 0 Å². The van der Waals surface area contributed by atoms with Gasteiger partial charge in [-0.15, -0.1) is 0 Å². The number of amides is 1. The minimum atomic E-state index is -3.64. The highest BCUT2D eigenvalue weighted by Gasteiger charge is 2.25. The van der Waals surface area contributed by atoms with Crippen LogP contribution in [0.15, 0.2) is 66.7 Å². The quantitative estimate of drug-likeness (QED) is 0.201. The summed E-state index contributed by atoms with van der Waals surface area (Å²) in [5.74, 6) is -2.08. The van der Waals surface area contributed by atoms with Gasteiger partial charge < -0.3 is 15.7 Å². The van der Waals surface area contributed by atoms with Crippen molar-refractivity contribution >= 4 is 21.6 Å². The number of benzene rings is 3. The Bertz CT molecular complexity index is 1390. The van der Waals surface area contributed by atoms with E-state index in [4.69, 9.17) is 0 Å². The van der Waals surface area contributed by atoms with Crippen LogP contribution >= 0.6 is 0 Å². The number of nitrogens with one attached hydrogen (secondary N) is 3. The van der Waals surface area contributed by atoms with E-state index in [2.05, 4.69) is 28.3 Å². The number of carbonyl (C=O) groups is 1. The van der Waals surface area contributed by atoms with Crippen molar-refractivity contribution in [3.63, 3.8) is 0 Å². The monoisotopic (exact) mass is 587 g/mol. The van der Waals surface area contributed by atoms with Crippen LogP contribution in [0.25, 0.3) is 0 Å². The Kier molecular flexibility index (Phi) is 11.8. The van der Waals surface area contributed by atoms with Gasteiger partial charge >= 0.3 is 0 Å². The van der Waals surface area contributed by atoms with Gasteiger partial charge in [-0.25, -0.2) is 17.2 Å². The lowest BCUT2D eigenvalue weighted by Gasteiger charge is -2.25. The first-order valence-corrected chi connectivity index (χ1v) is 15.4. The van der Waals surface area contributed by atoms with Crippen molar-refractivity contribution in [1.82, 2.24) is 10.6 Å². The van der Waals surface area contributed by atoms with E-state index < -0.39 is 45.0 Å². The highest BCUT2D eigenvalue weighted by Crippen LogP contribution is 2.18. The highest BCUT2D eigenvalue weighted by molar-refractivity contribution is 7.93. The lowest BCUT2D eigenvalue weighted by atomic mass is 10.00. The van der Waals surface area contributed by atoms with Crippen LogP contribution < -0.4 is 15.4 Å². The van der Waals surface area contributed by atoms with Crippen molar-refractivity contribution in [2.75, 3.05) is 11.3 Å². The SMILES string of the molecule is CCc1cccc(CNC[C@H](O)[C@H](Cc2cc(F)cc(F)c2)NC(=O)c2cccc(NS(=O)(=O)C(CC)CC)c2)c1. The fraction of sp³-hybridized carbons (Fsp3) is 0.387. The summed E-state index contributed by atoms with van der Waals surface area (Å²) in [6.45, 7) is 6.25. The number of sulfonamides is 1. The molecule has 0 spiro atoms. The maximum Gasteiger partial charge on any atom is 0.251 e. The van der Waals surface area contributed by atoms with Crippen molar-refractivity contribution in [2.45, 2.75) is 70.4 Å². The first-order chi connectivity index (χ1) is 19.5. The molecule has 1 amide bonds. The standard InChI is InChI=1S/C31H39F2N3O4S/c1-4-21-9-7-10-22(13-21)19-34-20-30(37)29(16-23-14-25(32)18-26(33)15-23)35-31(38)24-11-8-12-27(17-24)36-41(39,40)28(5-2)6-3/h7-15,17-18,28-30,34,36-37H,4-6,16,19-20H2,1-3H3,(H,35,38)/t29-,30-/m0/s1. The highest BCUT2D eigenvalue weighted by atomic mass is 32.2. The van der Waals surface area contributed by atoms with Crippen molar-refractivity contribution in [3.8, 4) is 0 Å². The fourth-order valence-corrected chi connectivity index (χ4v) is 6.18. The second kappa shape index (κ2) is 15.0. The van der Waals surface area contributed by atoms with Gasteiger partial charge in [0.1, 0.15) is 11.6 Å². The molecule has 10 heteroatoms. The van der Waals surface area contributed by atoms with Crippen molar-refractivity contribution in [3.05, 3.63) is 101 Å². The summed E-state index contributed by atoms with van der Waals surface area (Å²) >= 11 is 0. The average Bonchev–Trinajstić information content (AvgIpc) is 2.92. The van der Waals surface area contributed by atoms with Gasteiger partial charge in [-0.05, 0) is 72.7 Å². The molecule has 3 aromatic rings. The Labute approximate surface area is 241 Å². The molecular weight excluding hydrogens is 548 g/mol. The number of carbonyl (C=O) groups excluding carboxylic acids is 1. The topological polar surface area (TPSA) is 108 Å². The molecule has 4 N–H and O–H groups in total. The Morgan fingerprint density at radius 3 is 2.20 bits per heavy atom. The number of aliphatic hydroxyl groups excluding tert-OH is 1. The van der Waals surface area contributed by atoms with E-state index in [1.807, 2.05) is 18.2 Å². The van der Waals surface area contributed by atoms with Gasteiger partial charge in [-0.3, -0.25) is 9.52 Å². The molecule has 0 aromatic heterocycles. The predicted octanol–water partition coefficient (Wildman–Crippen LogP) is 4.95. The molecule has 0 aliphatic heterocycles. The lowest BCUT2D eigenvalue weighted by Crippen LogP contribution is -2.48. The summed E-state index contributed by atoms with van der Waals surface area (Å²) in [6, 6.07) is 16.3. The van der Waals surface area contributed by atoms with Crippen molar-refractivity contribution in [2.24, 2.45) is 0 Å². The van der Waals surface area contributed by atoms with Crippen molar-refractivity contribution in [1.29, 1.82) is 0 Å². The van der Waals surface area contributed by atoms with Gasteiger partial charge in [-0.2, -0.15) is 0 Å². The molecule has 0 fully saturated rings. The van der Waals surface area contributed by atoms with E-state index in [1.165, 1.54) is 17.7 Å². The second-order valence-corrected chi connectivity index (χ2v) is 12.1. The largest absolute Gasteiger partial charge is 0.390 e. The summed E-state index contributed by atoms with van der Waals surface area (Å²) in [4.78, 5) is 13.2. The Morgan fingerprint density at radius 2 is 1.54 bits per heavy atom. The van der Waals surface area contributed by atoms with Crippen LogP contribution in [0.1, 0.15) is 60.7 Å². The van der Waals surface area contributed by atoms with E-state index in [9.17, 15) is 27.1 Å². The van der Waals surface area contributed by atoms with Crippen LogP contribution in [0.3, 0.4) is 0 Å². The van der Waals surface area contributed by atoms with Crippen molar-refractivity contribution < 1.29 is 27.1 Å². The summed E-state index contributed by atoms with van der Waals surface area (Å²) in [7, 11) is -3.64. The number of aryl methyl sites for hydroxylation is 1. The summed E-state index contributed by atoms with van der Waals surface area (Å²) in [6.07, 6.45) is 0.663. The summed E-state index contributed by atoms with van der Waals surface area (Å²) in [5.41, 5.74) is 2.91. The lowest BCUT2D eigenvalue weighted by molar-refractivity contribution is 0.0830. The molecule has 0 bridgehead atoms. The number of rotatable bonds is 15. The maximum atomic E-state index is 13.9. The molecule has 0 saturated carbocycles. The van der Waals surface area contributed by atoms with Gasteiger partial charge in [0, 0.05) is 30.4 Å². The normalized spacial score (nSPS) is 13.1. The molecule has 2 atom stereocenters. The number of halogens is 2. The van der Waals surface area contributed by atoms with E-state index in [0.717, 1.165) is 30.2 Å². The predicted molar refractivity (Wildman–Crippen MR) is 158 cm³/mol. The molecule has 41 heavy (non-hydrogen) atoms. The number of hydrogen-bond acceptors (Lipinski definition) is 5. The molecule has 0 unspecified atom stereocenters. The minimum absolute atomic E-state index is 0.0322. The van der Waals surface area contributed by atoms with E-state index in [-0.39, 0.29) is 29.8 Å². The Morgan fingerprint density at radius 1 is 0.878 bits per heavy atom. The third kappa shape index (κ3) is 9.62.